The van der Waals surface area contributed by atoms with E-state index in [1.165, 1.54) is 16.2 Å². The van der Waals surface area contributed by atoms with Crippen molar-refractivity contribution in [3.63, 3.8) is 0 Å². The van der Waals surface area contributed by atoms with E-state index in [9.17, 15) is 9.59 Å². The lowest BCUT2D eigenvalue weighted by atomic mass is 10.3. The van der Waals surface area contributed by atoms with E-state index >= 15 is 0 Å². The van der Waals surface area contributed by atoms with Gasteiger partial charge in [-0.05, 0) is 25.5 Å². The summed E-state index contributed by atoms with van der Waals surface area (Å²) in [6.45, 7) is 4.28. The molecular weight excluding hydrogens is 294 g/mol. The van der Waals surface area contributed by atoms with E-state index in [1.807, 2.05) is 24.4 Å². The van der Waals surface area contributed by atoms with Gasteiger partial charge in [0.15, 0.2) is 5.13 Å². The van der Waals surface area contributed by atoms with Crippen LogP contribution in [0.2, 0.25) is 0 Å². The van der Waals surface area contributed by atoms with E-state index in [2.05, 4.69) is 22.5 Å². The minimum atomic E-state index is -0.688. The molecule has 2 N–H and O–H groups in total. The summed E-state index contributed by atoms with van der Waals surface area (Å²) in [6.07, 6.45) is 0.975. The van der Waals surface area contributed by atoms with Crippen molar-refractivity contribution in [2.75, 3.05) is 5.32 Å². The molecule has 0 atom stereocenters. The van der Waals surface area contributed by atoms with Crippen LogP contribution in [0.25, 0.3) is 0 Å². The highest BCUT2D eigenvalue weighted by Gasteiger charge is 2.15. The Morgan fingerprint density at radius 3 is 2.60 bits per heavy atom. The Morgan fingerprint density at radius 2 is 2.00 bits per heavy atom. The van der Waals surface area contributed by atoms with Gasteiger partial charge in [0, 0.05) is 15.1 Å². The van der Waals surface area contributed by atoms with Crippen LogP contribution in [0, 0.1) is 6.92 Å². The number of nitrogens with one attached hydrogen (secondary N) is 2. The number of anilines is 1. The van der Waals surface area contributed by atoms with Gasteiger partial charge in [0.2, 0.25) is 0 Å². The number of rotatable bonds is 4. The van der Waals surface area contributed by atoms with Gasteiger partial charge in [-0.1, -0.05) is 6.92 Å². The minimum Gasteiger partial charge on any atom is -0.343 e. The molecule has 0 saturated heterocycles. The maximum atomic E-state index is 11.7. The molecular formula is C13H15N3O2S2. The molecule has 0 fully saturated rings. The van der Waals surface area contributed by atoms with Crippen LogP contribution in [-0.2, 0) is 22.6 Å². The molecule has 0 aliphatic rings. The molecule has 7 heteroatoms. The fourth-order valence-electron chi connectivity index (χ4n) is 1.52. The summed E-state index contributed by atoms with van der Waals surface area (Å²) < 4.78 is 0. The third kappa shape index (κ3) is 3.88. The molecule has 2 amide bonds. The average Bonchev–Trinajstić information content (AvgIpc) is 3.04. The maximum Gasteiger partial charge on any atom is 0.315 e. The molecule has 20 heavy (non-hydrogen) atoms. The van der Waals surface area contributed by atoms with Gasteiger partial charge in [-0.15, -0.1) is 22.7 Å². The first-order chi connectivity index (χ1) is 9.58. The predicted octanol–water partition coefficient (Wildman–Crippen LogP) is 2.33. The second kappa shape index (κ2) is 6.62. The number of thiazole rings is 1. The van der Waals surface area contributed by atoms with Gasteiger partial charge in [-0.2, -0.15) is 0 Å². The zero-order valence-electron chi connectivity index (χ0n) is 11.2. The third-order valence-corrected chi connectivity index (χ3v) is 4.64. The molecule has 0 bridgehead atoms. The van der Waals surface area contributed by atoms with Crippen LogP contribution >= 0.6 is 22.7 Å². The number of hydrogen-bond donors (Lipinski definition) is 2. The first-order valence-corrected chi connectivity index (χ1v) is 7.87. The van der Waals surface area contributed by atoms with Crippen molar-refractivity contribution in [1.29, 1.82) is 0 Å². The summed E-state index contributed by atoms with van der Waals surface area (Å²) in [4.78, 5) is 29.7. The van der Waals surface area contributed by atoms with Crippen LogP contribution in [0.15, 0.2) is 17.5 Å². The predicted molar refractivity (Wildman–Crippen MR) is 81.0 cm³/mol. The van der Waals surface area contributed by atoms with Gasteiger partial charge in [0.05, 0.1) is 12.2 Å². The van der Waals surface area contributed by atoms with Crippen molar-refractivity contribution in [2.24, 2.45) is 0 Å². The van der Waals surface area contributed by atoms with Crippen LogP contribution < -0.4 is 10.6 Å². The van der Waals surface area contributed by atoms with Gasteiger partial charge < -0.3 is 5.32 Å². The van der Waals surface area contributed by atoms with Crippen LogP contribution in [0.5, 0.6) is 0 Å². The Balaban J connectivity index is 1.83. The topological polar surface area (TPSA) is 71.1 Å². The zero-order chi connectivity index (χ0) is 14.5. The lowest BCUT2D eigenvalue weighted by Crippen LogP contribution is -2.34. The quantitative estimate of drug-likeness (QED) is 0.852. The Bertz CT molecular complexity index is 619. The lowest BCUT2D eigenvalue weighted by molar-refractivity contribution is -0.136. The Hall–Kier alpha value is -1.73. The van der Waals surface area contributed by atoms with E-state index in [4.69, 9.17) is 0 Å². The summed E-state index contributed by atoms with van der Waals surface area (Å²) in [6, 6.07) is 4.00. The molecule has 0 radical (unpaired) electrons. The van der Waals surface area contributed by atoms with Crippen molar-refractivity contribution in [2.45, 2.75) is 26.8 Å². The fourth-order valence-corrected chi connectivity index (χ4v) is 3.10. The van der Waals surface area contributed by atoms with Gasteiger partial charge in [0.1, 0.15) is 0 Å². The molecule has 0 saturated carbocycles. The van der Waals surface area contributed by atoms with Crippen molar-refractivity contribution in [3.8, 4) is 0 Å². The van der Waals surface area contributed by atoms with Gasteiger partial charge in [-0.25, -0.2) is 4.98 Å². The number of carbonyl (C=O) groups excluding carboxylic acids is 2. The molecule has 106 valence electrons. The Labute approximate surface area is 125 Å². The van der Waals surface area contributed by atoms with Gasteiger partial charge in [-0.3, -0.25) is 14.9 Å². The Morgan fingerprint density at radius 1 is 1.25 bits per heavy atom. The van der Waals surface area contributed by atoms with Gasteiger partial charge >= 0.3 is 11.8 Å². The van der Waals surface area contributed by atoms with Crippen LogP contribution in [0.3, 0.4) is 0 Å². The zero-order valence-corrected chi connectivity index (χ0v) is 12.9. The van der Waals surface area contributed by atoms with Crippen LogP contribution in [0.1, 0.15) is 22.4 Å². The summed E-state index contributed by atoms with van der Waals surface area (Å²) in [5.74, 6) is -1.34. The monoisotopic (exact) mass is 309 g/mol. The maximum absolute atomic E-state index is 11.7. The number of aryl methyl sites for hydroxylation is 2. The molecule has 0 spiro atoms. The molecule has 0 aliphatic carbocycles. The van der Waals surface area contributed by atoms with E-state index in [0.717, 1.165) is 17.0 Å². The second-order valence-corrected chi connectivity index (χ2v) is 6.26. The first-order valence-electron chi connectivity index (χ1n) is 6.17. The van der Waals surface area contributed by atoms with Crippen molar-refractivity contribution in [1.82, 2.24) is 10.3 Å². The first kappa shape index (κ1) is 14.7. The number of aromatic nitrogens is 1. The van der Waals surface area contributed by atoms with Gasteiger partial charge in [0.25, 0.3) is 0 Å². The molecule has 0 aliphatic heterocycles. The Kier molecular flexibility index (Phi) is 4.86. The summed E-state index contributed by atoms with van der Waals surface area (Å²) >= 11 is 2.93. The second-order valence-electron chi connectivity index (χ2n) is 4.15. The van der Waals surface area contributed by atoms with Crippen molar-refractivity contribution in [3.05, 3.63) is 33.0 Å². The highest BCUT2D eigenvalue weighted by atomic mass is 32.1. The third-order valence-electron chi connectivity index (χ3n) is 2.53. The molecule has 0 unspecified atom stereocenters. The van der Waals surface area contributed by atoms with E-state index in [1.54, 1.807) is 11.3 Å². The van der Waals surface area contributed by atoms with Crippen LogP contribution in [-0.4, -0.2) is 16.8 Å². The summed E-state index contributed by atoms with van der Waals surface area (Å²) in [5, 5.41) is 7.32. The van der Waals surface area contributed by atoms with E-state index in [-0.39, 0.29) is 0 Å². The molecule has 0 aromatic carbocycles. The molecule has 2 heterocycles. The van der Waals surface area contributed by atoms with Crippen molar-refractivity contribution >= 4 is 39.6 Å². The van der Waals surface area contributed by atoms with E-state index in [0.29, 0.717) is 11.7 Å². The lowest BCUT2D eigenvalue weighted by Gasteiger charge is -2.03. The highest BCUT2D eigenvalue weighted by molar-refractivity contribution is 7.14. The molecule has 5 nitrogen and oxygen atoms in total. The summed E-state index contributed by atoms with van der Waals surface area (Å²) in [5.41, 5.74) is 0.816. The summed E-state index contributed by atoms with van der Waals surface area (Å²) in [7, 11) is 0. The van der Waals surface area contributed by atoms with E-state index < -0.39 is 11.8 Å². The fraction of sp³-hybridized carbons (Fsp3) is 0.308. The number of amides is 2. The molecule has 2 aromatic heterocycles. The molecule has 2 aromatic rings. The number of carbonyl (C=O) groups is 2. The SMILES string of the molecule is CCc1ccc(CNC(=O)C(=O)Nc2nc(C)cs2)s1. The normalized spacial score (nSPS) is 10.3. The largest absolute Gasteiger partial charge is 0.343 e. The highest BCUT2D eigenvalue weighted by Crippen LogP contribution is 2.16. The number of thiophene rings is 1. The van der Waals surface area contributed by atoms with Crippen LogP contribution in [0.4, 0.5) is 5.13 Å². The molecule has 2 rings (SSSR count). The number of hydrogen-bond acceptors (Lipinski definition) is 5. The number of nitrogens with zero attached hydrogens (tertiary/aromatic N) is 1. The smallest absolute Gasteiger partial charge is 0.315 e. The minimum absolute atomic E-state index is 0.369. The van der Waals surface area contributed by atoms with Crippen molar-refractivity contribution < 1.29 is 9.59 Å². The average molecular weight is 309 g/mol. The standard InChI is InChI=1S/C13H15N3O2S2/c1-3-9-4-5-10(20-9)6-14-11(17)12(18)16-13-15-8(2)7-19-13/h4-5,7H,3,6H2,1-2H3,(H,14,17)(H,15,16,18).